The van der Waals surface area contributed by atoms with E-state index in [0.29, 0.717) is 22.7 Å². The van der Waals surface area contributed by atoms with E-state index in [-0.39, 0.29) is 5.69 Å². The molecule has 2 amide bonds. The number of piperazine rings is 1. The topological polar surface area (TPSA) is 91.4 Å². The number of amides is 2. The average molecular weight is 543 g/mol. The summed E-state index contributed by atoms with van der Waals surface area (Å²) in [5.41, 5.74) is 0.718. The van der Waals surface area contributed by atoms with E-state index in [9.17, 15) is 18.0 Å². The number of alkyl halides is 3. The van der Waals surface area contributed by atoms with Gasteiger partial charge in [0, 0.05) is 49.7 Å². The Bertz CT molecular complexity index is 1480. The van der Waals surface area contributed by atoms with E-state index >= 15 is 0 Å². The number of halogens is 4. The van der Waals surface area contributed by atoms with Gasteiger partial charge in [-0.25, -0.2) is 9.78 Å². The second-order valence-electron chi connectivity index (χ2n) is 8.52. The van der Waals surface area contributed by atoms with Crippen LogP contribution in [0.2, 0.25) is 5.02 Å². The van der Waals surface area contributed by atoms with E-state index in [1.807, 2.05) is 6.07 Å². The standard InChI is InChI=1S/C26H22ClF3N6O2/c27-21-6-4-17(13-20(21)26(28,29)30)34-25(37)33-16-2-1-3-18(12-16)38-19-5-7-22-23(14-19)35-24(15-32-22)36-10-8-31-9-11-36/h1-7,12-15,31H,8-11H2,(H2,33,34,37). The highest BCUT2D eigenvalue weighted by Crippen LogP contribution is 2.36. The van der Waals surface area contributed by atoms with Crippen molar-refractivity contribution in [3.05, 3.63) is 77.4 Å². The van der Waals surface area contributed by atoms with Crippen LogP contribution in [0.15, 0.2) is 66.9 Å². The summed E-state index contributed by atoms with van der Waals surface area (Å²) in [5, 5.41) is 7.82. The molecule has 38 heavy (non-hydrogen) atoms. The molecule has 0 unspecified atom stereocenters. The van der Waals surface area contributed by atoms with Gasteiger partial charge in [-0.05, 0) is 42.5 Å². The van der Waals surface area contributed by atoms with Crippen LogP contribution in [0.4, 0.5) is 35.2 Å². The van der Waals surface area contributed by atoms with Crippen LogP contribution in [0.1, 0.15) is 5.56 Å². The second kappa shape index (κ2) is 10.7. The Hall–Kier alpha value is -4.09. The van der Waals surface area contributed by atoms with Crippen molar-refractivity contribution in [1.29, 1.82) is 0 Å². The van der Waals surface area contributed by atoms with Gasteiger partial charge in [-0.3, -0.25) is 4.98 Å². The predicted molar refractivity (Wildman–Crippen MR) is 140 cm³/mol. The molecule has 1 aliphatic heterocycles. The lowest BCUT2D eigenvalue weighted by Crippen LogP contribution is -2.43. The molecule has 5 rings (SSSR count). The monoisotopic (exact) mass is 542 g/mol. The van der Waals surface area contributed by atoms with E-state index in [4.69, 9.17) is 21.3 Å². The highest BCUT2D eigenvalue weighted by molar-refractivity contribution is 6.31. The Labute approximate surface area is 220 Å². The second-order valence-corrected chi connectivity index (χ2v) is 8.92. The molecule has 0 radical (unpaired) electrons. The number of ether oxygens (including phenoxy) is 1. The van der Waals surface area contributed by atoms with Crippen LogP contribution in [0.3, 0.4) is 0 Å². The van der Waals surface area contributed by atoms with Crippen LogP contribution in [0.25, 0.3) is 11.0 Å². The highest BCUT2D eigenvalue weighted by Gasteiger charge is 2.33. The number of carbonyl (C=O) groups is 1. The maximum atomic E-state index is 13.1. The number of benzene rings is 3. The van der Waals surface area contributed by atoms with Gasteiger partial charge in [0.2, 0.25) is 0 Å². The zero-order valence-corrected chi connectivity index (χ0v) is 20.6. The van der Waals surface area contributed by atoms with Gasteiger partial charge in [0.1, 0.15) is 17.3 Å². The molecule has 0 saturated carbocycles. The fraction of sp³-hybridized carbons (Fsp3) is 0.192. The number of hydrogen-bond acceptors (Lipinski definition) is 6. The molecular formula is C26H22ClF3N6O2. The zero-order valence-electron chi connectivity index (χ0n) is 19.8. The lowest BCUT2D eigenvalue weighted by Gasteiger charge is -2.28. The molecule has 3 N–H and O–H groups in total. The quantitative estimate of drug-likeness (QED) is 0.280. The van der Waals surface area contributed by atoms with Crippen LogP contribution in [0.5, 0.6) is 11.5 Å². The first-order valence-electron chi connectivity index (χ1n) is 11.7. The number of anilines is 3. The number of hydrogen-bond donors (Lipinski definition) is 3. The number of fused-ring (bicyclic) bond motifs is 1. The third-order valence-corrected chi connectivity index (χ3v) is 6.13. The maximum absolute atomic E-state index is 13.1. The third-order valence-electron chi connectivity index (χ3n) is 5.80. The maximum Gasteiger partial charge on any atom is 0.417 e. The van der Waals surface area contributed by atoms with Crippen LogP contribution in [-0.2, 0) is 6.18 Å². The summed E-state index contributed by atoms with van der Waals surface area (Å²) in [4.78, 5) is 23.8. The minimum absolute atomic E-state index is 0.0518. The molecule has 12 heteroatoms. The van der Waals surface area contributed by atoms with Gasteiger partial charge in [-0.1, -0.05) is 17.7 Å². The fourth-order valence-electron chi connectivity index (χ4n) is 3.98. The average Bonchev–Trinajstić information content (AvgIpc) is 2.89. The minimum atomic E-state index is -4.64. The molecule has 4 aromatic rings. The van der Waals surface area contributed by atoms with Crippen molar-refractivity contribution in [1.82, 2.24) is 15.3 Å². The number of carbonyl (C=O) groups excluding carboxylic acids is 1. The molecule has 8 nitrogen and oxygen atoms in total. The van der Waals surface area contributed by atoms with Crippen molar-refractivity contribution in [3.8, 4) is 11.5 Å². The summed E-state index contributed by atoms with van der Waals surface area (Å²) in [6.07, 6.45) is -2.87. The summed E-state index contributed by atoms with van der Waals surface area (Å²) >= 11 is 5.63. The lowest BCUT2D eigenvalue weighted by molar-refractivity contribution is -0.137. The largest absolute Gasteiger partial charge is 0.457 e. The van der Waals surface area contributed by atoms with Crippen molar-refractivity contribution in [2.24, 2.45) is 0 Å². The van der Waals surface area contributed by atoms with Crippen molar-refractivity contribution in [3.63, 3.8) is 0 Å². The van der Waals surface area contributed by atoms with Gasteiger partial charge in [-0.2, -0.15) is 13.2 Å². The first kappa shape index (κ1) is 25.6. The van der Waals surface area contributed by atoms with E-state index in [1.165, 1.54) is 6.07 Å². The summed E-state index contributed by atoms with van der Waals surface area (Å²) < 4.78 is 45.2. The van der Waals surface area contributed by atoms with Gasteiger partial charge in [0.05, 0.1) is 27.8 Å². The molecule has 0 bridgehead atoms. The van der Waals surface area contributed by atoms with Crippen molar-refractivity contribution in [2.45, 2.75) is 6.18 Å². The van der Waals surface area contributed by atoms with Gasteiger partial charge >= 0.3 is 12.2 Å². The lowest BCUT2D eigenvalue weighted by atomic mass is 10.2. The first-order valence-corrected chi connectivity index (χ1v) is 12.1. The number of nitrogens with zero attached hydrogens (tertiary/aromatic N) is 3. The van der Waals surface area contributed by atoms with E-state index in [1.54, 1.807) is 42.6 Å². The smallest absolute Gasteiger partial charge is 0.417 e. The Balaban J connectivity index is 1.27. The van der Waals surface area contributed by atoms with E-state index < -0.39 is 22.8 Å². The molecule has 0 atom stereocenters. The molecule has 1 aliphatic rings. The normalized spacial score (nSPS) is 13.8. The van der Waals surface area contributed by atoms with Crippen molar-refractivity contribution < 1.29 is 22.7 Å². The van der Waals surface area contributed by atoms with Gasteiger partial charge in [-0.15, -0.1) is 0 Å². The molecular weight excluding hydrogens is 521 g/mol. The SMILES string of the molecule is O=C(Nc1cccc(Oc2ccc3ncc(N4CCNCC4)nc3c2)c1)Nc1ccc(Cl)c(C(F)(F)F)c1. The van der Waals surface area contributed by atoms with Crippen LogP contribution in [0, 0.1) is 0 Å². The highest BCUT2D eigenvalue weighted by atomic mass is 35.5. The molecule has 1 aromatic heterocycles. The van der Waals surface area contributed by atoms with E-state index in [0.717, 1.165) is 49.6 Å². The van der Waals surface area contributed by atoms with E-state index in [2.05, 4.69) is 25.8 Å². The third kappa shape index (κ3) is 6.06. The Morgan fingerprint density at radius 1 is 0.947 bits per heavy atom. The van der Waals surface area contributed by atoms with Gasteiger partial charge < -0.3 is 25.6 Å². The molecule has 196 valence electrons. The fourth-order valence-corrected chi connectivity index (χ4v) is 4.20. The molecule has 3 aromatic carbocycles. The summed E-state index contributed by atoms with van der Waals surface area (Å²) in [5.74, 6) is 1.78. The summed E-state index contributed by atoms with van der Waals surface area (Å²) in [6.45, 7) is 3.48. The first-order chi connectivity index (χ1) is 18.2. The molecule has 2 heterocycles. The van der Waals surface area contributed by atoms with Gasteiger partial charge in [0.15, 0.2) is 0 Å². The summed E-state index contributed by atoms with van der Waals surface area (Å²) in [6, 6.07) is 14.4. The summed E-state index contributed by atoms with van der Waals surface area (Å²) in [7, 11) is 0. The zero-order chi connectivity index (χ0) is 26.7. The van der Waals surface area contributed by atoms with Crippen molar-refractivity contribution >= 4 is 45.9 Å². The van der Waals surface area contributed by atoms with Crippen LogP contribution >= 0.6 is 11.6 Å². The number of rotatable bonds is 5. The molecule has 1 fully saturated rings. The molecule has 0 spiro atoms. The Morgan fingerprint density at radius 2 is 1.68 bits per heavy atom. The molecule has 1 saturated heterocycles. The number of urea groups is 1. The van der Waals surface area contributed by atoms with Gasteiger partial charge in [0.25, 0.3) is 0 Å². The van der Waals surface area contributed by atoms with Crippen LogP contribution < -0.4 is 25.6 Å². The Kier molecular flexibility index (Phi) is 7.21. The predicted octanol–water partition coefficient (Wildman–Crippen LogP) is 6.15. The van der Waals surface area contributed by atoms with Crippen LogP contribution in [-0.4, -0.2) is 42.2 Å². The number of aromatic nitrogens is 2. The Morgan fingerprint density at radius 3 is 2.45 bits per heavy atom. The minimum Gasteiger partial charge on any atom is -0.457 e. The number of nitrogens with one attached hydrogen (secondary N) is 3. The molecule has 0 aliphatic carbocycles. The van der Waals surface area contributed by atoms with Crippen molar-refractivity contribution in [2.75, 3.05) is 41.7 Å².